The van der Waals surface area contributed by atoms with Crippen LogP contribution in [-0.2, 0) is 10.0 Å². The van der Waals surface area contributed by atoms with Crippen LogP contribution in [0.5, 0.6) is 0 Å². The third-order valence-electron chi connectivity index (χ3n) is 1.98. The van der Waals surface area contributed by atoms with E-state index in [1.54, 1.807) is 13.2 Å². The number of anilines is 2. The van der Waals surface area contributed by atoms with Crippen molar-refractivity contribution in [2.24, 2.45) is 0 Å². The molecule has 1 aromatic rings. The molecule has 0 bridgehead atoms. The van der Waals surface area contributed by atoms with Gasteiger partial charge in [0, 0.05) is 31.9 Å². The van der Waals surface area contributed by atoms with Crippen molar-refractivity contribution in [2.45, 2.75) is 6.92 Å². The largest absolute Gasteiger partial charge is 0.368 e. The van der Waals surface area contributed by atoms with Gasteiger partial charge in [0.25, 0.3) is 0 Å². The summed E-state index contributed by atoms with van der Waals surface area (Å²) in [5, 5.41) is 5.88. The summed E-state index contributed by atoms with van der Waals surface area (Å²) >= 11 is 0. The van der Waals surface area contributed by atoms with Crippen molar-refractivity contribution in [1.82, 2.24) is 14.7 Å². The Bertz CT molecular complexity index is 474. The fourth-order valence-electron chi connectivity index (χ4n) is 1.16. The smallest absolute Gasteiger partial charge is 0.224 e. The molecule has 0 aliphatic rings. The van der Waals surface area contributed by atoms with E-state index in [9.17, 15) is 8.42 Å². The molecule has 0 aromatic carbocycles. The second-order valence-electron chi connectivity index (χ2n) is 3.57. The first-order valence-electron chi connectivity index (χ1n) is 5.12. The van der Waals surface area contributed by atoms with Crippen LogP contribution in [0.4, 0.5) is 11.8 Å². The second-order valence-corrected chi connectivity index (χ2v) is 5.40. The molecular weight excluding hydrogens is 242 g/mol. The van der Waals surface area contributed by atoms with Crippen molar-refractivity contribution in [1.29, 1.82) is 0 Å². The van der Waals surface area contributed by atoms with Gasteiger partial charge in [0.2, 0.25) is 16.0 Å². The maximum atomic E-state index is 10.8. The lowest BCUT2D eigenvalue weighted by molar-refractivity contribution is 0.589. The van der Waals surface area contributed by atoms with Crippen LogP contribution < -0.4 is 15.4 Å². The molecule has 0 fully saturated rings. The molecule has 0 radical (unpaired) electrons. The first-order valence-corrected chi connectivity index (χ1v) is 7.01. The summed E-state index contributed by atoms with van der Waals surface area (Å²) in [5.74, 6) is 1.22. The molecule has 0 saturated heterocycles. The molecule has 0 aliphatic carbocycles. The zero-order valence-corrected chi connectivity index (χ0v) is 10.9. The van der Waals surface area contributed by atoms with E-state index in [1.807, 2.05) is 6.92 Å². The van der Waals surface area contributed by atoms with E-state index in [0.29, 0.717) is 24.9 Å². The van der Waals surface area contributed by atoms with Crippen LogP contribution >= 0.6 is 0 Å². The summed E-state index contributed by atoms with van der Waals surface area (Å²) in [7, 11) is -1.40. The average molecular weight is 259 g/mol. The number of sulfonamides is 1. The molecule has 3 N–H and O–H groups in total. The highest BCUT2D eigenvalue weighted by atomic mass is 32.2. The van der Waals surface area contributed by atoms with E-state index in [4.69, 9.17) is 0 Å². The summed E-state index contributed by atoms with van der Waals surface area (Å²) in [4.78, 5) is 8.27. The Kier molecular flexibility index (Phi) is 4.64. The molecule has 0 atom stereocenters. The van der Waals surface area contributed by atoms with Gasteiger partial charge in [0.15, 0.2) is 0 Å². The molecule has 0 aliphatic heterocycles. The van der Waals surface area contributed by atoms with Crippen LogP contribution in [0.3, 0.4) is 0 Å². The minimum atomic E-state index is -3.14. The van der Waals surface area contributed by atoms with E-state index in [0.717, 1.165) is 11.8 Å². The van der Waals surface area contributed by atoms with Crippen molar-refractivity contribution in [3.8, 4) is 0 Å². The molecule has 1 aromatic heterocycles. The first-order chi connectivity index (χ1) is 7.92. The van der Waals surface area contributed by atoms with Gasteiger partial charge in [-0.3, -0.25) is 0 Å². The summed E-state index contributed by atoms with van der Waals surface area (Å²) in [5.41, 5.74) is 0.906. The van der Waals surface area contributed by atoms with Gasteiger partial charge in [0.1, 0.15) is 5.82 Å². The van der Waals surface area contributed by atoms with Crippen molar-refractivity contribution in [3.63, 3.8) is 0 Å². The summed E-state index contributed by atoms with van der Waals surface area (Å²) in [6.45, 7) is 2.66. The maximum absolute atomic E-state index is 10.8. The normalized spacial score (nSPS) is 11.2. The lowest BCUT2D eigenvalue weighted by Crippen LogP contribution is -2.28. The Balaban J connectivity index is 2.51. The van der Waals surface area contributed by atoms with Gasteiger partial charge in [-0.2, -0.15) is 4.98 Å². The van der Waals surface area contributed by atoms with Crippen molar-refractivity contribution < 1.29 is 8.42 Å². The molecule has 17 heavy (non-hydrogen) atoms. The van der Waals surface area contributed by atoms with Gasteiger partial charge in [-0.05, 0) is 6.92 Å². The zero-order chi connectivity index (χ0) is 12.9. The number of hydrogen-bond donors (Lipinski definition) is 3. The van der Waals surface area contributed by atoms with Gasteiger partial charge in [-0.1, -0.05) is 0 Å². The summed E-state index contributed by atoms with van der Waals surface area (Å²) in [6, 6.07) is 0. The molecule has 0 saturated carbocycles. The predicted octanol–water partition coefficient (Wildman–Crippen LogP) is -0.212. The molecule has 96 valence electrons. The number of rotatable bonds is 6. The Hall–Kier alpha value is -1.41. The van der Waals surface area contributed by atoms with Crippen LogP contribution in [0, 0.1) is 6.92 Å². The second kappa shape index (κ2) is 5.78. The molecule has 1 heterocycles. The van der Waals surface area contributed by atoms with Crippen LogP contribution in [-0.4, -0.2) is 44.8 Å². The van der Waals surface area contributed by atoms with Crippen LogP contribution in [0.2, 0.25) is 0 Å². The highest BCUT2D eigenvalue weighted by Gasteiger charge is 2.03. The molecular formula is C9H17N5O2S. The lowest BCUT2D eigenvalue weighted by atomic mass is 10.3. The topological polar surface area (TPSA) is 96.0 Å². The van der Waals surface area contributed by atoms with E-state index in [1.165, 1.54) is 0 Å². The molecule has 7 nitrogen and oxygen atoms in total. The van der Waals surface area contributed by atoms with Gasteiger partial charge in [0.05, 0.1) is 6.26 Å². The maximum Gasteiger partial charge on any atom is 0.224 e. The van der Waals surface area contributed by atoms with E-state index in [-0.39, 0.29) is 0 Å². The van der Waals surface area contributed by atoms with Gasteiger partial charge >= 0.3 is 0 Å². The van der Waals surface area contributed by atoms with Crippen molar-refractivity contribution >= 4 is 21.8 Å². The highest BCUT2D eigenvalue weighted by Crippen LogP contribution is 2.11. The molecule has 8 heteroatoms. The summed E-state index contributed by atoms with van der Waals surface area (Å²) in [6.07, 6.45) is 2.83. The number of aromatic nitrogens is 2. The fourth-order valence-corrected chi connectivity index (χ4v) is 1.63. The van der Waals surface area contributed by atoms with Crippen molar-refractivity contribution in [3.05, 3.63) is 11.8 Å². The molecule has 0 spiro atoms. The van der Waals surface area contributed by atoms with E-state index < -0.39 is 10.0 Å². The molecule has 0 amide bonds. The number of nitrogens with one attached hydrogen (secondary N) is 3. The van der Waals surface area contributed by atoms with Crippen LogP contribution in [0.15, 0.2) is 6.20 Å². The van der Waals surface area contributed by atoms with Crippen LogP contribution in [0.25, 0.3) is 0 Å². The first kappa shape index (κ1) is 13.7. The third kappa shape index (κ3) is 4.96. The fraction of sp³-hybridized carbons (Fsp3) is 0.556. The summed E-state index contributed by atoms with van der Waals surface area (Å²) < 4.78 is 24.1. The molecule has 1 rings (SSSR count). The average Bonchev–Trinajstić information content (AvgIpc) is 2.25. The lowest BCUT2D eigenvalue weighted by Gasteiger charge is -2.09. The Morgan fingerprint density at radius 1 is 1.35 bits per heavy atom. The third-order valence-corrected chi connectivity index (χ3v) is 2.71. The van der Waals surface area contributed by atoms with E-state index in [2.05, 4.69) is 25.3 Å². The minimum Gasteiger partial charge on any atom is -0.368 e. The Morgan fingerprint density at radius 2 is 2.06 bits per heavy atom. The SMILES string of the molecule is CNc1ncc(C)c(NCCNS(C)(=O)=O)n1. The Labute approximate surface area is 101 Å². The number of aryl methyl sites for hydroxylation is 1. The van der Waals surface area contributed by atoms with Crippen molar-refractivity contribution in [2.75, 3.05) is 37.0 Å². The molecule has 0 unspecified atom stereocenters. The highest BCUT2D eigenvalue weighted by molar-refractivity contribution is 7.88. The van der Waals surface area contributed by atoms with Gasteiger partial charge < -0.3 is 10.6 Å². The number of hydrogen-bond acceptors (Lipinski definition) is 6. The predicted molar refractivity (Wildman–Crippen MR) is 67.7 cm³/mol. The van der Waals surface area contributed by atoms with Gasteiger partial charge in [-0.15, -0.1) is 0 Å². The van der Waals surface area contributed by atoms with Crippen LogP contribution in [0.1, 0.15) is 5.56 Å². The zero-order valence-electron chi connectivity index (χ0n) is 10.1. The van der Waals surface area contributed by atoms with E-state index >= 15 is 0 Å². The number of nitrogens with zero attached hydrogens (tertiary/aromatic N) is 2. The van der Waals surface area contributed by atoms with Gasteiger partial charge in [-0.25, -0.2) is 18.1 Å². The standard InChI is InChI=1S/C9H17N5O2S/c1-7-6-12-9(10-2)14-8(7)11-4-5-13-17(3,15)16/h6,13H,4-5H2,1-3H3,(H2,10,11,12,14). The monoisotopic (exact) mass is 259 g/mol. The quantitative estimate of drug-likeness (QED) is 0.612. The minimum absolute atomic E-state index is 0.317. The Morgan fingerprint density at radius 3 is 2.65 bits per heavy atom.